The van der Waals surface area contributed by atoms with Crippen molar-refractivity contribution in [2.45, 2.75) is 33.4 Å². The Morgan fingerprint density at radius 3 is 2.53 bits per heavy atom. The third-order valence-corrected chi connectivity index (χ3v) is 2.93. The van der Waals surface area contributed by atoms with E-state index in [-0.39, 0.29) is 0 Å². The van der Waals surface area contributed by atoms with Crippen LogP contribution in [0.2, 0.25) is 0 Å². The molecule has 0 radical (unpaired) electrons. The molecule has 1 N–H and O–H groups in total. The second-order valence-corrected chi connectivity index (χ2v) is 4.26. The van der Waals surface area contributed by atoms with Crippen molar-refractivity contribution < 1.29 is 4.42 Å². The molecule has 0 saturated carbocycles. The second-order valence-electron chi connectivity index (χ2n) is 4.26. The van der Waals surface area contributed by atoms with Crippen LogP contribution in [0.5, 0.6) is 0 Å². The zero-order valence-corrected chi connectivity index (χ0v) is 10.5. The van der Waals surface area contributed by atoms with Crippen molar-refractivity contribution in [1.29, 1.82) is 0 Å². The molecule has 0 spiro atoms. The molecule has 17 heavy (non-hydrogen) atoms. The molecule has 0 amide bonds. The molecule has 0 aliphatic carbocycles. The zero-order chi connectivity index (χ0) is 12.3. The summed E-state index contributed by atoms with van der Waals surface area (Å²) in [5.41, 5.74) is 2.24. The van der Waals surface area contributed by atoms with Gasteiger partial charge in [-0.25, -0.2) is 4.98 Å². The summed E-state index contributed by atoms with van der Waals surface area (Å²) in [5.74, 6) is 1.65. The molecule has 1 aromatic heterocycles. The van der Waals surface area contributed by atoms with Gasteiger partial charge in [-0.15, -0.1) is 0 Å². The molecule has 0 bridgehead atoms. The molecule has 2 rings (SSSR count). The predicted octanol–water partition coefficient (Wildman–Crippen LogP) is 3.14. The van der Waals surface area contributed by atoms with Gasteiger partial charge in [-0.05, 0) is 26.3 Å². The van der Waals surface area contributed by atoms with Crippen molar-refractivity contribution >= 4 is 0 Å². The Hall–Kier alpha value is -1.61. The SMILES string of the molecule is Cc1nc(CN[C@@H](C)c2ccccc2)oc1C. The Morgan fingerprint density at radius 2 is 1.94 bits per heavy atom. The molecule has 90 valence electrons. The van der Waals surface area contributed by atoms with Gasteiger partial charge >= 0.3 is 0 Å². The number of rotatable bonds is 4. The summed E-state index contributed by atoms with van der Waals surface area (Å²) in [6.45, 7) is 6.69. The summed E-state index contributed by atoms with van der Waals surface area (Å²) in [6.07, 6.45) is 0. The number of oxazole rings is 1. The van der Waals surface area contributed by atoms with E-state index >= 15 is 0 Å². The lowest BCUT2D eigenvalue weighted by Gasteiger charge is -2.12. The fraction of sp³-hybridized carbons (Fsp3) is 0.357. The van der Waals surface area contributed by atoms with E-state index in [1.54, 1.807) is 0 Å². The monoisotopic (exact) mass is 230 g/mol. The molecular weight excluding hydrogens is 212 g/mol. The average Bonchev–Trinajstić information content (AvgIpc) is 2.67. The van der Waals surface area contributed by atoms with E-state index < -0.39 is 0 Å². The average molecular weight is 230 g/mol. The van der Waals surface area contributed by atoms with E-state index in [2.05, 4.69) is 29.4 Å². The summed E-state index contributed by atoms with van der Waals surface area (Å²) in [7, 11) is 0. The molecule has 1 heterocycles. The maximum Gasteiger partial charge on any atom is 0.208 e. The van der Waals surface area contributed by atoms with Gasteiger partial charge in [0, 0.05) is 6.04 Å². The normalized spacial score (nSPS) is 12.6. The summed E-state index contributed by atoms with van der Waals surface area (Å²) in [4.78, 5) is 4.35. The highest BCUT2D eigenvalue weighted by Gasteiger charge is 2.08. The molecular formula is C14H18N2O. The third-order valence-electron chi connectivity index (χ3n) is 2.93. The first-order valence-corrected chi connectivity index (χ1v) is 5.88. The third kappa shape index (κ3) is 2.94. The van der Waals surface area contributed by atoms with Crippen LogP contribution in [0, 0.1) is 13.8 Å². The summed E-state index contributed by atoms with van der Waals surface area (Å²) < 4.78 is 5.53. The molecule has 3 nitrogen and oxygen atoms in total. The number of hydrogen-bond acceptors (Lipinski definition) is 3. The van der Waals surface area contributed by atoms with Gasteiger partial charge in [-0.1, -0.05) is 30.3 Å². The van der Waals surface area contributed by atoms with Crippen LogP contribution in [0.3, 0.4) is 0 Å². The van der Waals surface area contributed by atoms with Crippen molar-refractivity contribution in [2.75, 3.05) is 0 Å². The quantitative estimate of drug-likeness (QED) is 0.876. The van der Waals surface area contributed by atoms with Crippen molar-refractivity contribution in [3.8, 4) is 0 Å². The Morgan fingerprint density at radius 1 is 1.24 bits per heavy atom. The molecule has 1 atom stereocenters. The van der Waals surface area contributed by atoms with Crippen molar-refractivity contribution in [2.24, 2.45) is 0 Å². The predicted molar refractivity (Wildman–Crippen MR) is 67.7 cm³/mol. The van der Waals surface area contributed by atoms with E-state index in [4.69, 9.17) is 4.42 Å². The first-order valence-electron chi connectivity index (χ1n) is 5.88. The smallest absolute Gasteiger partial charge is 0.208 e. The zero-order valence-electron chi connectivity index (χ0n) is 10.5. The lowest BCUT2D eigenvalue weighted by molar-refractivity contribution is 0.432. The maximum absolute atomic E-state index is 5.53. The lowest BCUT2D eigenvalue weighted by Crippen LogP contribution is -2.18. The van der Waals surface area contributed by atoms with Crippen LogP contribution in [-0.2, 0) is 6.54 Å². The number of aryl methyl sites for hydroxylation is 2. The molecule has 0 fully saturated rings. The first-order chi connectivity index (χ1) is 8.16. The number of nitrogens with one attached hydrogen (secondary N) is 1. The van der Waals surface area contributed by atoms with E-state index in [1.807, 2.05) is 32.0 Å². The highest BCUT2D eigenvalue weighted by molar-refractivity contribution is 5.18. The van der Waals surface area contributed by atoms with Gasteiger partial charge in [-0.2, -0.15) is 0 Å². The Labute approximate surface area is 102 Å². The van der Waals surface area contributed by atoms with Gasteiger partial charge in [0.15, 0.2) is 0 Å². The standard InChI is InChI=1S/C14H18N2O/c1-10-12(3)17-14(16-10)9-15-11(2)13-7-5-4-6-8-13/h4-8,11,15H,9H2,1-3H3/t11-/m0/s1. The minimum atomic E-state index is 0.295. The second kappa shape index (κ2) is 5.15. The van der Waals surface area contributed by atoms with E-state index in [0.717, 1.165) is 17.3 Å². The highest BCUT2D eigenvalue weighted by atomic mass is 16.4. The molecule has 0 saturated heterocycles. The van der Waals surface area contributed by atoms with Gasteiger partial charge in [0.1, 0.15) is 5.76 Å². The Balaban J connectivity index is 1.94. The van der Waals surface area contributed by atoms with Gasteiger partial charge < -0.3 is 9.73 Å². The number of benzene rings is 1. The Bertz CT molecular complexity index is 457. The van der Waals surface area contributed by atoms with E-state index in [1.165, 1.54) is 5.56 Å². The van der Waals surface area contributed by atoms with Crippen LogP contribution in [0.15, 0.2) is 34.7 Å². The number of hydrogen-bond donors (Lipinski definition) is 1. The van der Waals surface area contributed by atoms with Crippen molar-refractivity contribution in [3.63, 3.8) is 0 Å². The first kappa shape index (κ1) is 11.9. The van der Waals surface area contributed by atoms with Crippen LogP contribution in [0.25, 0.3) is 0 Å². The van der Waals surface area contributed by atoms with Crippen LogP contribution in [-0.4, -0.2) is 4.98 Å². The summed E-state index contributed by atoms with van der Waals surface area (Å²) in [5, 5.41) is 3.40. The fourth-order valence-corrected chi connectivity index (χ4v) is 1.71. The number of aromatic nitrogens is 1. The highest BCUT2D eigenvalue weighted by Crippen LogP contribution is 2.13. The molecule has 1 aromatic carbocycles. The van der Waals surface area contributed by atoms with Gasteiger partial charge in [0.25, 0.3) is 0 Å². The van der Waals surface area contributed by atoms with Crippen LogP contribution >= 0.6 is 0 Å². The van der Waals surface area contributed by atoms with Crippen molar-refractivity contribution in [3.05, 3.63) is 53.2 Å². The van der Waals surface area contributed by atoms with Gasteiger partial charge in [0.2, 0.25) is 5.89 Å². The molecule has 3 heteroatoms. The van der Waals surface area contributed by atoms with Crippen LogP contribution < -0.4 is 5.32 Å². The van der Waals surface area contributed by atoms with E-state index in [0.29, 0.717) is 12.6 Å². The molecule has 0 unspecified atom stereocenters. The maximum atomic E-state index is 5.53. The van der Waals surface area contributed by atoms with E-state index in [9.17, 15) is 0 Å². The topological polar surface area (TPSA) is 38.1 Å². The summed E-state index contributed by atoms with van der Waals surface area (Å²) in [6, 6.07) is 10.6. The van der Waals surface area contributed by atoms with Gasteiger partial charge in [0.05, 0.1) is 12.2 Å². The van der Waals surface area contributed by atoms with Gasteiger partial charge in [-0.3, -0.25) is 0 Å². The summed E-state index contributed by atoms with van der Waals surface area (Å²) >= 11 is 0. The van der Waals surface area contributed by atoms with Crippen molar-refractivity contribution in [1.82, 2.24) is 10.3 Å². The minimum absolute atomic E-state index is 0.295. The molecule has 0 aliphatic rings. The largest absolute Gasteiger partial charge is 0.444 e. The molecule has 2 aromatic rings. The minimum Gasteiger partial charge on any atom is -0.444 e. The van der Waals surface area contributed by atoms with Crippen LogP contribution in [0.4, 0.5) is 0 Å². The number of nitrogens with zero attached hydrogens (tertiary/aromatic N) is 1. The lowest BCUT2D eigenvalue weighted by atomic mass is 10.1. The molecule has 0 aliphatic heterocycles. The van der Waals surface area contributed by atoms with Crippen LogP contribution in [0.1, 0.15) is 35.9 Å². The fourth-order valence-electron chi connectivity index (χ4n) is 1.71. The Kier molecular flexibility index (Phi) is 3.59.